The van der Waals surface area contributed by atoms with Crippen LogP contribution in [0, 0.1) is 0 Å². The molecule has 1 aromatic carbocycles. The van der Waals surface area contributed by atoms with Gasteiger partial charge in [-0.1, -0.05) is 12.1 Å². The Morgan fingerprint density at radius 2 is 2.17 bits per heavy atom. The molecule has 3 heterocycles. The molecule has 0 aliphatic carbocycles. The minimum absolute atomic E-state index is 0.0973. The van der Waals surface area contributed by atoms with Crippen LogP contribution in [0.15, 0.2) is 48.9 Å². The first-order chi connectivity index (χ1) is 11.8. The molecule has 1 N–H and O–H groups in total. The van der Waals surface area contributed by atoms with Crippen molar-refractivity contribution in [3.63, 3.8) is 0 Å². The molecule has 0 spiro atoms. The summed E-state index contributed by atoms with van der Waals surface area (Å²) in [5, 5.41) is 3.75. The monoisotopic (exact) mass is 319 g/mol. The number of pyridine rings is 2. The maximum atomic E-state index is 12.4. The molecule has 1 aliphatic rings. The van der Waals surface area contributed by atoms with Crippen molar-refractivity contribution in [3.8, 4) is 5.75 Å². The Labute approximate surface area is 139 Å². The van der Waals surface area contributed by atoms with Crippen molar-refractivity contribution in [1.82, 2.24) is 15.3 Å². The zero-order valence-electron chi connectivity index (χ0n) is 13.2. The van der Waals surface area contributed by atoms with E-state index >= 15 is 0 Å². The number of ether oxygens (including phenoxy) is 1. The number of carbonyl (C=O) groups excluding carboxylic acids is 1. The molecule has 3 aromatic rings. The van der Waals surface area contributed by atoms with E-state index in [1.807, 2.05) is 6.07 Å². The fraction of sp³-hybridized carbons (Fsp3) is 0.211. The lowest BCUT2D eigenvalue weighted by Crippen LogP contribution is -2.26. The van der Waals surface area contributed by atoms with Gasteiger partial charge < -0.3 is 10.1 Å². The van der Waals surface area contributed by atoms with E-state index in [-0.39, 0.29) is 5.91 Å². The Morgan fingerprint density at radius 3 is 3.12 bits per heavy atom. The molecule has 2 aromatic heterocycles. The second kappa shape index (κ2) is 6.28. The van der Waals surface area contributed by atoms with Gasteiger partial charge in [-0.25, -0.2) is 0 Å². The van der Waals surface area contributed by atoms with Crippen LogP contribution in [-0.2, 0) is 12.8 Å². The highest BCUT2D eigenvalue weighted by Crippen LogP contribution is 2.25. The summed E-state index contributed by atoms with van der Waals surface area (Å²) in [7, 11) is 0. The van der Waals surface area contributed by atoms with E-state index in [1.165, 1.54) is 11.1 Å². The van der Waals surface area contributed by atoms with E-state index in [9.17, 15) is 4.79 Å². The predicted molar refractivity (Wildman–Crippen MR) is 91.2 cm³/mol. The molecule has 5 nitrogen and oxygen atoms in total. The SMILES string of the molecule is O=C(NCCc1ccc2c(c1)CCO2)c1ccnc2ccncc12. The molecule has 120 valence electrons. The van der Waals surface area contributed by atoms with Crippen molar-refractivity contribution in [2.45, 2.75) is 12.8 Å². The van der Waals surface area contributed by atoms with E-state index in [0.717, 1.165) is 36.1 Å². The minimum atomic E-state index is -0.0973. The molecule has 0 unspecified atom stereocenters. The zero-order valence-corrected chi connectivity index (χ0v) is 13.2. The fourth-order valence-electron chi connectivity index (χ4n) is 3.00. The van der Waals surface area contributed by atoms with E-state index < -0.39 is 0 Å². The molecule has 1 aliphatic heterocycles. The molecule has 0 bridgehead atoms. The van der Waals surface area contributed by atoms with Crippen LogP contribution in [-0.4, -0.2) is 29.0 Å². The number of hydrogen-bond acceptors (Lipinski definition) is 4. The van der Waals surface area contributed by atoms with Gasteiger partial charge in [-0.15, -0.1) is 0 Å². The van der Waals surface area contributed by atoms with Gasteiger partial charge in [0.05, 0.1) is 17.7 Å². The van der Waals surface area contributed by atoms with Gasteiger partial charge >= 0.3 is 0 Å². The molecule has 5 heteroatoms. The Kier molecular flexibility index (Phi) is 3.83. The molecule has 0 saturated heterocycles. The largest absolute Gasteiger partial charge is 0.493 e. The summed E-state index contributed by atoms with van der Waals surface area (Å²) in [4.78, 5) is 20.8. The van der Waals surface area contributed by atoms with Gasteiger partial charge in [-0.3, -0.25) is 14.8 Å². The van der Waals surface area contributed by atoms with E-state index in [4.69, 9.17) is 4.74 Å². The third-order valence-corrected chi connectivity index (χ3v) is 4.24. The Bertz CT molecular complexity index is 903. The van der Waals surface area contributed by atoms with Gasteiger partial charge in [0.15, 0.2) is 0 Å². The first kappa shape index (κ1) is 14.6. The van der Waals surface area contributed by atoms with Crippen molar-refractivity contribution in [2.24, 2.45) is 0 Å². The summed E-state index contributed by atoms with van der Waals surface area (Å²) in [6, 6.07) is 9.77. The van der Waals surface area contributed by atoms with E-state index in [2.05, 4.69) is 27.4 Å². The number of hydrogen-bond donors (Lipinski definition) is 1. The average Bonchev–Trinajstić information content (AvgIpc) is 3.09. The van der Waals surface area contributed by atoms with Gasteiger partial charge in [-0.2, -0.15) is 0 Å². The molecular formula is C19H17N3O2. The maximum absolute atomic E-state index is 12.4. The summed E-state index contributed by atoms with van der Waals surface area (Å²) in [5.74, 6) is 0.887. The van der Waals surface area contributed by atoms with Crippen LogP contribution < -0.4 is 10.1 Å². The lowest BCUT2D eigenvalue weighted by molar-refractivity contribution is 0.0955. The first-order valence-corrected chi connectivity index (χ1v) is 8.03. The Hall–Kier alpha value is -2.95. The number of nitrogens with one attached hydrogen (secondary N) is 1. The van der Waals surface area contributed by atoms with Gasteiger partial charge in [0.2, 0.25) is 0 Å². The molecule has 0 saturated carbocycles. The fourth-order valence-corrected chi connectivity index (χ4v) is 3.00. The molecule has 4 rings (SSSR count). The highest BCUT2D eigenvalue weighted by atomic mass is 16.5. The standard InChI is InChI=1S/C19H17N3O2/c23-19(15-4-9-21-17-5-7-20-12-16(15)17)22-8-3-13-1-2-18-14(11-13)6-10-24-18/h1-2,4-5,7,9,11-12H,3,6,8,10H2,(H,22,23). The van der Waals surface area contributed by atoms with Gasteiger partial charge in [0.1, 0.15) is 5.75 Å². The van der Waals surface area contributed by atoms with E-state index in [1.54, 1.807) is 30.7 Å². The third-order valence-electron chi connectivity index (χ3n) is 4.24. The molecule has 24 heavy (non-hydrogen) atoms. The molecule has 0 radical (unpaired) electrons. The van der Waals surface area contributed by atoms with Crippen LogP contribution in [0.4, 0.5) is 0 Å². The van der Waals surface area contributed by atoms with Gasteiger partial charge in [0, 0.05) is 36.9 Å². The summed E-state index contributed by atoms with van der Waals surface area (Å²) in [6.07, 6.45) is 6.76. The van der Waals surface area contributed by atoms with Crippen molar-refractivity contribution in [2.75, 3.05) is 13.2 Å². The number of amides is 1. The van der Waals surface area contributed by atoms with Crippen LogP contribution in [0.3, 0.4) is 0 Å². The first-order valence-electron chi connectivity index (χ1n) is 8.03. The van der Waals surface area contributed by atoms with Gasteiger partial charge in [-0.05, 0) is 35.7 Å². The number of rotatable bonds is 4. The summed E-state index contributed by atoms with van der Waals surface area (Å²) in [6.45, 7) is 1.35. The number of aromatic nitrogens is 2. The maximum Gasteiger partial charge on any atom is 0.252 e. The minimum Gasteiger partial charge on any atom is -0.493 e. The summed E-state index contributed by atoms with van der Waals surface area (Å²) < 4.78 is 5.51. The molecule has 1 amide bonds. The number of fused-ring (bicyclic) bond motifs is 2. The van der Waals surface area contributed by atoms with Crippen LogP contribution in [0.1, 0.15) is 21.5 Å². The molecule has 0 atom stereocenters. The average molecular weight is 319 g/mol. The highest BCUT2D eigenvalue weighted by molar-refractivity contribution is 6.05. The molecular weight excluding hydrogens is 302 g/mol. The highest BCUT2D eigenvalue weighted by Gasteiger charge is 2.13. The van der Waals surface area contributed by atoms with Crippen LogP contribution in [0.25, 0.3) is 10.9 Å². The van der Waals surface area contributed by atoms with Crippen molar-refractivity contribution in [1.29, 1.82) is 0 Å². The Balaban J connectivity index is 1.43. The smallest absolute Gasteiger partial charge is 0.252 e. The number of benzene rings is 1. The van der Waals surface area contributed by atoms with Crippen molar-refractivity contribution >= 4 is 16.8 Å². The van der Waals surface area contributed by atoms with E-state index in [0.29, 0.717) is 12.1 Å². The van der Waals surface area contributed by atoms with Crippen molar-refractivity contribution < 1.29 is 9.53 Å². The quantitative estimate of drug-likeness (QED) is 0.802. The van der Waals surface area contributed by atoms with Crippen LogP contribution >= 0.6 is 0 Å². The normalized spacial score (nSPS) is 12.7. The van der Waals surface area contributed by atoms with Crippen LogP contribution in [0.2, 0.25) is 0 Å². The summed E-state index contributed by atoms with van der Waals surface area (Å²) >= 11 is 0. The lowest BCUT2D eigenvalue weighted by Gasteiger charge is -2.08. The molecule has 0 fully saturated rings. The summed E-state index contributed by atoms with van der Waals surface area (Å²) in [5.41, 5.74) is 3.84. The Morgan fingerprint density at radius 1 is 1.21 bits per heavy atom. The number of carbonyl (C=O) groups is 1. The second-order valence-electron chi connectivity index (χ2n) is 5.80. The second-order valence-corrected chi connectivity index (χ2v) is 5.80. The van der Waals surface area contributed by atoms with Gasteiger partial charge in [0.25, 0.3) is 5.91 Å². The lowest BCUT2D eigenvalue weighted by atomic mass is 10.1. The topological polar surface area (TPSA) is 64.1 Å². The third kappa shape index (κ3) is 2.80. The zero-order chi connectivity index (χ0) is 16.4. The number of nitrogens with zero attached hydrogens (tertiary/aromatic N) is 2. The van der Waals surface area contributed by atoms with Crippen molar-refractivity contribution in [3.05, 3.63) is 65.6 Å². The van der Waals surface area contributed by atoms with Crippen LogP contribution in [0.5, 0.6) is 5.75 Å². The predicted octanol–water partition coefficient (Wildman–Crippen LogP) is 2.54.